The normalized spacial score (nSPS) is 11.3. The van der Waals surface area contributed by atoms with Crippen LogP contribution in [0.2, 0.25) is 5.02 Å². The Labute approximate surface area is 101 Å². The number of anilines is 1. The van der Waals surface area contributed by atoms with E-state index in [1.54, 1.807) is 0 Å². The first kappa shape index (κ1) is 13.2. The van der Waals surface area contributed by atoms with E-state index in [0.717, 1.165) is 12.1 Å². The van der Waals surface area contributed by atoms with Crippen LogP contribution in [-0.4, -0.2) is 6.54 Å². The summed E-state index contributed by atoms with van der Waals surface area (Å²) >= 11 is 11.2. The van der Waals surface area contributed by atoms with Crippen molar-refractivity contribution in [3.63, 3.8) is 0 Å². The van der Waals surface area contributed by atoms with Crippen molar-refractivity contribution in [2.75, 3.05) is 11.9 Å². The first-order valence-electron chi connectivity index (χ1n) is 4.24. The third kappa shape index (κ3) is 3.61. The van der Waals surface area contributed by atoms with Crippen LogP contribution in [0.3, 0.4) is 0 Å². The quantitative estimate of drug-likeness (QED) is 0.851. The minimum Gasteiger partial charge on any atom is -0.379 e. The van der Waals surface area contributed by atoms with Gasteiger partial charge in [-0.3, -0.25) is 0 Å². The van der Waals surface area contributed by atoms with Crippen molar-refractivity contribution in [3.8, 4) is 0 Å². The third-order valence-electron chi connectivity index (χ3n) is 1.77. The number of hydrogen-bond donors (Lipinski definition) is 1. The van der Waals surface area contributed by atoms with E-state index in [0.29, 0.717) is 10.7 Å². The number of benzene rings is 1. The minimum atomic E-state index is -4.39. The highest BCUT2D eigenvalue weighted by Crippen LogP contribution is 2.33. The van der Waals surface area contributed by atoms with Crippen LogP contribution in [0.15, 0.2) is 29.8 Å². The Balaban J connectivity index is 2.88. The molecule has 0 fully saturated rings. The number of nitrogens with one attached hydrogen (secondary N) is 1. The van der Waals surface area contributed by atoms with Gasteiger partial charge in [-0.2, -0.15) is 13.2 Å². The molecule has 1 nitrogen and oxygen atoms in total. The summed E-state index contributed by atoms with van der Waals surface area (Å²) in [5, 5.41) is 3.10. The van der Waals surface area contributed by atoms with Crippen LogP contribution in [-0.2, 0) is 6.18 Å². The Hall–Kier alpha value is -0.870. The molecule has 0 aromatic heterocycles. The molecule has 0 unspecified atom stereocenters. The zero-order valence-corrected chi connectivity index (χ0v) is 9.55. The van der Waals surface area contributed by atoms with E-state index < -0.39 is 11.7 Å². The highest BCUT2D eigenvalue weighted by Gasteiger charge is 2.30. The zero-order valence-electron chi connectivity index (χ0n) is 8.04. The molecule has 0 aliphatic rings. The fourth-order valence-electron chi connectivity index (χ4n) is 1.03. The summed E-state index contributed by atoms with van der Waals surface area (Å²) in [4.78, 5) is 0. The first-order valence-corrected chi connectivity index (χ1v) is 5.00. The van der Waals surface area contributed by atoms with E-state index in [1.807, 2.05) is 0 Å². The van der Waals surface area contributed by atoms with Crippen molar-refractivity contribution < 1.29 is 13.2 Å². The summed E-state index contributed by atoms with van der Waals surface area (Å²) in [5.74, 6) is 0. The molecule has 1 aromatic carbocycles. The second kappa shape index (κ2) is 4.97. The molecule has 0 spiro atoms. The lowest BCUT2D eigenvalue weighted by atomic mass is 10.2. The van der Waals surface area contributed by atoms with Crippen LogP contribution in [0.5, 0.6) is 0 Å². The Bertz CT molecular complexity index is 402. The van der Waals surface area contributed by atoms with Gasteiger partial charge in [0, 0.05) is 5.03 Å². The lowest BCUT2D eigenvalue weighted by Crippen LogP contribution is -2.06. The molecule has 88 valence electrons. The van der Waals surface area contributed by atoms with Crippen LogP contribution in [0.4, 0.5) is 18.9 Å². The molecule has 0 amide bonds. The zero-order chi connectivity index (χ0) is 12.3. The van der Waals surface area contributed by atoms with Gasteiger partial charge in [-0.15, -0.1) is 0 Å². The molecule has 0 heterocycles. The molecule has 1 rings (SSSR count). The van der Waals surface area contributed by atoms with Gasteiger partial charge in [0.2, 0.25) is 0 Å². The highest BCUT2D eigenvalue weighted by atomic mass is 35.5. The molecule has 6 heteroatoms. The van der Waals surface area contributed by atoms with Gasteiger partial charge in [-0.25, -0.2) is 0 Å². The van der Waals surface area contributed by atoms with Crippen LogP contribution in [0.1, 0.15) is 5.56 Å². The fourth-order valence-corrected chi connectivity index (χ4v) is 1.34. The molecular formula is C10H8Cl2F3N. The largest absolute Gasteiger partial charge is 0.416 e. The van der Waals surface area contributed by atoms with Crippen molar-refractivity contribution in [2.24, 2.45) is 0 Å². The maximum atomic E-state index is 12.3. The average molecular weight is 270 g/mol. The van der Waals surface area contributed by atoms with Crippen molar-refractivity contribution in [1.29, 1.82) is 0 Å². The van der Waals surface area contributed by atoms with Gasteiger partial charge >= 0.3 is 6.18 Å². The Morgan fingerprint density at radius 3 is 2.44 bits per heavy atom. The Kier molecular flexibility index (Phi) is 4.10. The van der Waals surface area contributed by atoms with Gasteiger partial charge in [0.05, 0.1) is 22.8 Å². The molecule has 0 bridgehead atoms. The predicted octanol–water partition coefficient (Wildman–Crippen LogP) is 4.52. The Morgan fingerprint density at radius 1 is 1.38 bits per heavy atom. The van der Waals surface area contributed by atoms with E-state index in [1.165, 1.54) is 6.07 Å². The van der Waals surface area contributed by atoms with Gasteiger partial charge in [-0.05, 0) is 18.2 Å². The predicted molar refractivity (Wildman–Crippen MR) is 59.9 cm³/mol. The van der Waals surface area contributed by atoms with Crippen LogP contribution >= 0.6 is 23.2 Å². The topological polar surface area (TPSA) is 12.0 Å². The molecular weight excluding hydrogens is 262 g/mol. The molecule has 0 aliphatic heterocycles. The SMILES string of the molecule is C=C(Cl)CNc1ccc(C(F)(F)F)cc1Cl. The highest BCUT2D eigenvalue weighted by molar-refractivity contribution is 6.33. The van der Waals surface area contributed by atoms with Gasteiger partial charge in [0.15, 0.2) is 0 Å². The molecule has 0 aliphatic carbocycles. The monoisotopic (exact) mass is 269 g/mol. The van der Waals surface area contributed by atoms with E-state index in [4.69, 9.17) is 23.2 Å². The molecule has 16 heavy (non-hydrogen) atoms. The summed E-state index contributed by atoms with van der Waals surface area (Å²) in [5.41, 5.74) is -0.399. The average Bonchev–Trinajstić information content (AvgIpc) is 2.14. The lowest BCUT2D eigenvalue weighted by molar-refractivity contribution is -0.137. The van der Waals surface area contributed by atoms with Crippen molar-refractivity contribution in [3.05, 3.63) is 40.4 Å². The molecule has 0 saturated heterocycles. The van der Waals surface area contributed by atoms with Gasteiger partial charge in [0.1, 0.15) is 0 Å². The van der Waals surface area contributed by atoms with Crippen molar-refractivity contribution >= 4 is 28.9 Å². The summed E-state index contributed by atoms with van der Waals surface area (Å²) in [6, 6.07) is 3.07. The lowest BCUT2D eigenvalue weighted by Gasteiger charge is -2.11. The standard InChI is InChI=1S/C10H8Cl2F3N/c1-6(11)5-16-9-3-2-7(4-8(9)12)10(13,14)15/h2-4,16H,1,5H2. The molecule has 0 saturated carbocycles. The second-order valence-corrected chi connectivity index (χ2v) is 4.00. The number of hydrogen-bond acceptors (Lipinski definition) is 1. The number of halogens is 5. The Morgan fingerprint density at radius 2 is 2.00 bits per heavy atom. The molecule has 0 atom stereocenters. The van der Waals surface area contributed by atoms with Crippen molar-refractivity contribution in [1.82, 2.24) is 0 Å². The second-order valence-electron chi connectivity index (χ2n) is 3.06. The van der Waals surface area contributed by atoms with Crippen LogP contribution < -0.4 is 5.32 Å². The number of alkyl halides is 3. The maximum Gasteiger partial charge on any atom is 0.416 e. The maximum absolute atomic E-state index is 12.3. The van der Waals surface area contributed by atoms with Crippen molar-refractivity contribution in [2.45, 2.75) is 6.18 Å². The smallest absolute Gasteiger partial charge is 0.379 e. The summed E-state index contributed by atoms with van der Waals surface area (Å²) < 4.78 is 36.9. The third-order valence-corrected chi connectivity index (χ3v) is 2.21. The van der Waals surface area contributed by atoms with E-state index in [2.05, 4.69) is 11.9 Å². The first-order chi connectivity index (χ1) is 7.30. The molecule has 1 N–H and O–H groups in total. The van der Waals surface area contributed by atoms with Gasteiger partial charge in [-0.1, -0.05) is 29.8 Å². The summed E-state index contributed by atoms with van der Waals surface area (Å²) in [7, 11) is 0. The van der Waals surface area contributed by atoms with Crippen LogP contribution in [0.25, 0.3) is 0 Å². The van der Waals surface area contributed by atoms with E-state index in [-0.39, 0.29) is 11.6 Å². The molecule has 0 radical (unpaired) electrons. The van der Waals surface area contributed by atoms with Gasteiger partial charge < -0.3 is 5.32 Å². The van der Waals surface area contributed by atoms with Crippen LogP contribution in [0, 0.1) is 0 Å². The molecule has 1 aromatic rings. The minimum absolute atomic E-state index is 0.00672. The van der Waals surface area contributed by atoms with Gasteiger partial charge in [0.25, 0.3) is 0 Å². The summed E-state index contributed by atoms with van der Waals surface area (Å²) in [6.07, 6.45) is -4.39. The van der Waals surface area contributed by atoms with E-state index >= 15 is 0 Å². The summed E-state index contributed by atoms with van der Waals surface area (Å²) in [6.45, 7) is 3.68. The fraction of sp³-hybridized carbons (Fsp3) is 0.200. The van der Waals surface area contributed by atoms with E-state index in [9.17, 15) is 13.2 Å². The number of rotatable bonds is 3.